The van der Waals surface area contributed by atoms with Gasteiger partial charge >= 0.3 is 0 Å². The van der Waals surface area contributed by atoms with Crippen LogP contribution in [0.25, 0.3) is 0 Å². The number of amides is 3. The Morgan fingerprint density at radius 1 is 1.00 bits per heavy atom. The van der Waals surface area contributed by atoms with E-state index < -0.39 is 35.4 Å². The Labute approximate surface area is 243 Å². The number of phenols is 2. The summed E-state index contributed by atoms with van der Waals surface area (Å²) in [5, 5.41) is 36.8. The number of nitrogens with one attached hydrogen (secondary N) is 2. The average Bonchev–Trinajstić information content (AvgIpc) is 3.27. The molecule has 216 valence electrons. The molecule has 3 aromatic rings. The summed E-state index contributed by atoms with van der Waals surface area (Å²) in [6, 6.07) is 18.4. The van der Waals surface area contributed by atoms with Gasteiger partial charge in [-0.15, -0.1) is 0 Å². The van der Waals surface area contributed by atoms with E-state index in [9.17, 15) is 29.7 Å². The highest BCUT2D eigenvalue weighted by molar-refractivity contribution is 7.97. The van der Waals surface area contributed by atoms with Crippen molar-refractivity contribution in [2.45, 2.75) is 51.9 Å². The van der Waals surface area contributed by atoms with Gasteiger partial charge in [0, 0.05) is 28.8 Å². The van der Waals surface area contributed by atoms with Gasteiger partial charge in [0.1, 0.15) is 17.5 Å². The third-order valence-corrected chi connectivity index (χ3v) is 8.73. The monoisotopic (exact) mass is 577 g/mol. The standard InChI is InChI=1S/C31H35N3O6S/c1-19-23(13-8-14-25(19)36)28(38)33-24(16-20-9-5-4-6-10-20)26(37)30(40)34-27(31(2,3)18-41-34)29(39)32-17-21-11-7-12-22(35)15-21/h4-15,24,26-27,35-37H,16-18H2,1-3H3,(H,32,39)(H,33,38). The predicted octanol–water partition coefficient (Wildman–Crippen LogP) is 3.31. The van der Waals surface area contributed by atoms with Crippen molar-refractivity contribution in [2.24, 2.45) is 5.41 Å². The fourth-order valence-electron chi connectivity index (χ4n) is 4.84. The van der Waals surface area contributed by atoms with Crippen LogP contribution >= 0.6 is 11.9 Å². The van der Waals surface area contributed by atoms with Gasteiger partial charge in [0.15, 0.2) is 6.10 Å². The molecule has 0 radical (unpaired) electrons. The van der Waals surface area contributed by atoms with E-state index in [-0.39, 0.29) is 35.9 Å². The lowest BCUT2D eigenvalue weighted by Gasteiger charge is -2.33. The minimum Gasteiger partial charge on any atom is -0.508 e. The summed E-state index contributed by atoms with van der Waals surface area (Å²) in [5.41, 5.74) is 1.51. The van der Waals surface area contributed by atoms with Crippen LogP contribution in [0.4, 0.5) is 0 Å². The van der Waals surface area contributed by atoms with Crippen molar-refractivity contribution in [1.82, 2.24) is 14.9 Å². The molecule has 1 aliphatic rings. The lowest BCUT2D eigenvalue weighted by molar-refractivity contribution is -0.143. The largest absolute Gasteiger partial charge is 0.508 e. The summed E-state index contributed by atoms with van der Waals surface area (Å²) in [4.78, 5) is 40.4. The van der Waals surface area contributed by atoms with E-state index >= 15 is 0 Å². The predicted molar refractivity (Wildman–Crippen MR) is 157 cm³/mol. The van der Waals surface area contributed by atoms with Crippen LogP contribution in [0.2, 0.25) is 0 Å². The Bertz CT molecular complexity index is 1410. The van der Waals surface area contributed by atoms with Crippen LogP contribution in [0.5, 0.6) is 11.5 Å². The van der Waals surface area contributed by atoms with Gasteiger partial charge < -0.3 is 26.0 Å². The Kier molecular flexibility index (Phi) is 9.25. The first kappa shape index (κ1) is 30.0. The molecular formula is C31H35N3O6S. The van der Waals surface area contributed by atoms with E-state index in [0.29, 0.717) is 16.9 Å². The van der Waals surface area contributed by atoms with Crippen LogP contribution in [-0.4, -0.2) is 61.3 Å². The number of aliphatic hydroxyl groups is 1. The number of carbonyl (C=O) groups excluding carboxylic acids is 3. The van der Waals surface area contributed by atoms with Gasteiger partial charge in [0.25, 0.3) is 11.8 Å². The highest BCUT2D eigenvalue weighted by Gasteiger charge is 2.50. The van der Waals surface area contributed by atoms with Gasteiger partial charge in [0.2, 0.25) is 5.91 Å². The molecule has 3 unspecified atom stereocenters. The average molecular weight is 578 g/mol. The van der Waals surface area contributed by atoms with Gasteiger partial charge in [-0.3, -0.25) is 18.7 Å². The lowest BCUT2D eigenvalue weighted by Crippen LogP contribution is -2.56. The van der Waals surface area contributed by atoms with Crippen molar-refractivity contribution in [2.75, 3.05) is 5.75 Å². The number of phenolic OH excluding ortho intramolecular Hbond substituents is 2. The van der Waals surface area contributed by atoms with E-state index in [4.69, 9.17) is 0 Å². The lowest BCUT2D eigenvalue weighted by atomic mass is 9.85. The fourth-order valence-corrected chi connectivity index (χ4v) is 6.23. The molecule has 0 aromatic heterocycles. The van der Waals surface area contributed by atoms with Crippen molar-refractivity contribution in [1.29, 1.82) is 0 Å². The Morgan fingerprint density at radius 2 is 1.68 bits per heavy atom. The molecule has 9 nitrogen and oxygen atoms in total. The minimum atomic E-state index is -1.65. The molecular weight excluding hydrogens is 542 g/mol. The summed E-state index contributed by atoms with van der Waals surface area (Å²) in [7, 11) is 0. The Morgan fingerprint density at radius 3 is 2.39 bits per heavy atom. The Balaban J connectivity index is 1.55. The van der Waals surface area contributed by atoms with Crippen molar-refractivity contribution in [3.8, 4) is 11.5 Å². The summed E-state index contributed by atoms with van der Waals surface area (Å²) in [6.45, 7) is 5.53. The van der Waals surface area contributed by atoms with Gasteiger partial charge in [0.05, 0.1) is 6.04 Å². The number of aliphatic hydroxyl groups excluding tert-OH is 1. The van der Waals surface area contributed by atoms with E-state index in [2.05, 4.69) is 10.6 Å². The number of carbonyl (C=O) groups is 3. The van der Waals surface area contributed by atoms with Crippen LogP contribution in [-0.2, 0) is 22.6 Å². The van der Waals surface area contributed by atoms with Gasteiger partial charge in [-0.1, -0.05) is 62.4 Å². The molecule has 3 aromatic carbocycles. The number of benzene rings is 3. The molecule has 1 heterocycles. The summed E-state index contributed by atoms with van der Waals surface area (Å²) >= 11 is 1.17. The van der Waals surface area contributed by atoms with E-state index in [0.717, 1.165) is 5.56 Å². The van der Waals surface area contributed by atoms with Crippen LogP contribution in [0.1, 0.15) is 40.9 Å². The number of aromatic hydroxyl groups is 2. The Hall–Kier alpha value is -4.02. The second kappa shape index (κ2) is 12.7. The zero-order chi connectivity index (χ0) is 29.7. The molecule has 1 aliphatic heterocycles. The maximum Gasteiger partial charge on any atom is 0.264 e. The molecule has 0 aliphatic carbocycles. The second-order valence-corrected chi connectivity index (χ2v) is 11.8. The molecule has 3 amide bonds. The number of hydrogen-bond donors (Lipinski definition) is 5. The zero-order valence-corrected chi connectivity index (χ0v) is 24.0. The zero-order valence-electron chi connectivity index (χ0n) is 23.2. The topological polar surface area (TPSA) is 139 Å². The third-order valence-electron chi connectivity index (χ3n) is 7.19. The van der Waals surface area contributed by atoms with Gasteiger partial charge in [-0.05, 0) is 60.7 Å². The van der Waals surface area contributed by atoms with E-state index in [1.54, 1.807) is 37.3 Å². The van der Waals surface area contributed by atoms with Crippen LogP contribution in [0.15, 0.2) is 72.8 Å². The quantitative estimate of drug-likeness (QED) is 0.246. The fraction of sp³-hybridized carbons (Fsp3) is 0.323. The molecule has 0 bridgehead atoms. The van der Waals surface area contributed by atoms with Crippen molar-refractivity contribution >= 4 is 29.7 Å². The molecule has 4 rings (SSSR count). The van der Waals surface area contributed by atoms with Crippen molar-refractivity contribution in [3.05, 3.63) is 95.1 Å². The molecule has 3 atom stereocenters. The summed E-state index contributed by atoms with van der Waals surface area (Å²) in [6.07, 6.45) is -1.49. The molecule has 41 heavy (non-hydrogen) atoms. The molecule has 0 spiro atoms. The summed E-state index contributed by atoms with van der Waals surface area (Å²) in [5.74, 6) is -1.10. The first-order chi connectivity index (χ1) is 19.5. The van der Waals surface area contributed by atoms with Gasteiger partial charge in [-0.25, -0.2) is 0 Å². The molecule has 5 N–H and O–H groups in total. The normalized spacial score (nSPS) is 17.5. The van der Waals surface area contributed by atoms with Crippen LogP contribution < -0.4 is 10.6 Å². The van der Waals surface area contributed by atoms with Gasteiger partial charge in [-0.2, -0.15) is 0 Å². The highest BCUT2D eigenvalue weighted by atomic mass is 32.2. The highest BCUT2D eigenvalue weighted by Crippen LogP contribution is 2.42. The molecule has 0 saturated carbocycles. The van der Waals surface area contributed by atoms with Crippen molar-refractivity contribution < 1.29 is 29.7 Å². The third kappa shape index (κ3) is 7.01. The molecule has 10 heteroatoms. The van der Waals surface area contributed by atoms with Crippen LogP contribution in [0, 0.1) is 12.3 Å². The molecule has 1 fully saturated rings. The summed E-state index contributed by atoms with van der Waals surface area (Å²) < 4.78 is 1.31. The number of nitrogens with zero attached hydrogens (tertiary/aromatic N) is 1. The smallest absolute Gasteiger partial charge is 0.264 e. The maximum absolute atomic E-state index is 13.8. The van der Waals surface area contributed by atoms with Crippen LogP contribution in [0.3, 0.4) is 0 Å². The first-order valence-corrected chi connectivity index (χ1v) is 14.2. The van der Waals surface area contributed by atoms with E-state index in [1.807, 2.05) is 44.2 Å². The second-order valence-electron chi connectivity index (χ2n) is 10.9. The number of rotatable bonds is 9. The molecule has 1 saturated heterocycles. The maximum atomic E-state index is 13.8. The SMILES string of the molecule is Cc1c(O)cccc1C(=O)NC(Cc1ccccc1)C(O)C(=O)N1SCC(C)(C)C1C(=O)NCc1cccc(O)c1. The minimum absolute atomic E-state index is 0.0378. The van der Waals surface area contributed by atoms with Crippen molar-refractivity contribution in [3.63, 3.8) is 0 Å². The van der Waals surface area contributed by atoms with E-state index in [1.165, 1.54) is 28.4 Å². The first-order valence-electron chi connectivity index (χ1n) is 13.3. The number of hydrogen-bond acceptors (Lipinski definition) is 7.